The fourth-order valence-corrected chi connectivity index (χ4v) is 3.69. The maximum Gasteiger partial charge on any atom is 0.161 e. The molecule has 2 aromatic carbocycles. The second kappa shape index (κ2) is 7.71. The molecule has 8 heteroatoms. The van der Waals surface area contributed by atoms with Gasteiger partial charge in [-0.05, 0) is 23.8 Å². The van der Waals surface area contributed by atoms with Crippen molar-refractivity contribution < 1.29 is 17.9 Å². The SMILES string of the molecule is COc1ccccc1-c1cc(N2C[C@H](c3cc(F)c(F)cc3F)[C@@H](N)C2)ncn1. The number of rotatable bonds is 4. The van der Waals surface area contributed by atoms with Crippen molar-refractivity contribution >= 4 is 5.82 Å². The topological polar surface area (TPSA) is 64.3 Å². The predicted molar refractivity (Wildman–Crippen MR) is 103 cm³/mol. The first-order chi connectivity index (χ1) is 14.0. The number of nitrogens with zero attached hydrogens (tertiary/aromatic N) is 3. The van der Waals surface area contributed by atoms with Crippen LogP contribution >= 0.6 is 0 Å². The normalized spacial score (nSPS) is 18.9. The van der Waals surface area contributed by atoms with Crippen LogP contribution in [0.4, 0.5) is 19.0 Å². The van der Waals surface area contributed by atoms with Gasteiger partial charge in [0, 0.05) is 42.7 Å². The number of ether oxygens (including phenoxy) is 1. The minimum Gasteiger partial charge on any atom is -0.496 e. The highest BCUT2D eigenvalue weighted by Gasteiger charge is 2.34. The molecular weight excluding hydrogens is 381 g/mol. The van der Waals surface area contributed by atoms with Gasteiger partial charge in [0.2, 0.25) is 0 Å². The van der Waals surface area contributed by atoms with Crippen molar-refractivity contribution in [1.29, 1.82) is 0 Å². The van der Waals surface area contributed by atoms with Crippen molar-refractivity contribution in [1.82, 2.24) is 9.97 Å². The summed E-state index contributed by atoms with van der Waals surface area (Å²) in [6.07, 6.45) is 1.44. The molecule has 1 aliphatic rings. The molecule has 0 bridgehead atoms. The molecule has 0 amide bonds. The first-order valence-corrected chi connectivity index (χ1v) is 9.08. The molecule has 0 saturated carbocycles. The number of halogens is 3. The summed E-state index contributed by atoms with van der Waals surface area (Å²) in [5.41, 5.74) is 7.75. The molecule has 150 valence electrons. The van der Waals surface area contributed by atoms with E-state index in [4.69, 9.17) is 10.5 Å². The van der Waals surface area contributed by atoms with E-state index in [1.54, 1.807) is 13.2 Å². The molecule has 3 aromatic rings. The van der Waals surface area contributed by atoms with E-state index in [-0.39, 0.29) is 5.56 Å². The van der Waals surface area contributed by atoms with Crippen LogP contribution in [0.25, 0.3) is 11.3 Å². The lowest BCUT2D eigenvalue weighted by molar-refractivity contribution is 0.416. The molecule has 1 saturated heterocycles. The standard InChI is InChI=1S/C21H19F3N4O/c1-29-20-5-3-2-4-12(20)19-8-21(27-11-26-19)28-9-14(18(25)10-28)13-6-16(23)17(24)7-15(13)22/h2-8,11,14,18H,9-10,25H2,1H3/t14-,18+/m1/s1. The van der Waals surface area contributed by atoms with Crippen LogP contribution in [0.2, 0.25) is 0 Å². The van der Waals surface area contributed by atoms with Crippen molar-refractivity contribution in [3.63, 3.8) is 0 Å². The maximum atomic E-state index is 14.2. The van der Waals surface area contributed by atoms with Crippen molar-refractivity contribution in [2.24, 2.45) is 5.73 Å². The Balaban J connectivity index is 1.63. The van der Waals surface area contributed by atoms with Gasteiger partial charge in [-0.15, -0.1) is 0 Å². The van der Waals surface area contributed by atoms with Crippen LogP contribution in [0.15, 0.2) is 48.8 Å². The van der Waals surface area contributed by atoms with Crippen LogP contribution in [0.5, 0.6) is 5.75 Å². The monoisotopic (exact) mass is 400 g/mol. The first kappa shape index (κ1) is 19.2. The van der Waals surface area contributed by atoms with Crippen LogP contribution < -0.4 is 15.4 Å². The van der Waals surface area contributed by atoms with Crippen molar-refractivity contribution in [2.75, 3.05) is 25.1 Å². The molecule has 0 aliphatic carbocycles. The van der Waals surface area contributed by atoms with Gasteiger partial charge in [0.05, 0.1) is 12.8 Å². The summed E-state index contributed by atoms with van der Waals surface area (Å²) >= 11 is 0. The molecule has 2 N–H and O–H groups in total. The molecule has 0 unspecified atom stereocenters. The van der Waals surface area contributed by atoms with E-state index in [0.29, 0.717) is 36.4 Å². The molecule has 2 atom stereocenters. The highest BCUT2D eigenvalue weighted by atomic mass is 19.2. The summed E-state index contributed by atoms with van der Waals surface area (Å²) in [5, 5.41) is 0. The summed E-state index contributed by atoms with van der Waals surface area (Å²) in [7, 11) is 1.58. The zero-order valence-corrected chi connectivity index (χ0v) is 15.6. The third-order valence-corrected chi connectivity index (χ3v) is 5.16. The molecule has 5 nitrogen and oxygen atoms in total. The van der Waals surface area contributed by atoms with E-state index >= 15 is 0 Å². The van der Waals surface area contributed by atoms with Gasteiger partial charge in [0.25, 0.3) is 0 Å². The van der Waals surface area contributed by atoms with Crippen LogP contribution in [0.1, 0.15) is 11.5 Å². The van der Waals surface area contributed by atoms with Gasteiger partial charge >= 0.3 is 0 Å². The van der Waals surface area contributed by atoms with Crippen molar-refractivity contribution in [3.05, 3.63) is 71.8 Å². The Hall–Kier alpha value is -3.13. The molecule has 29 heavy (non-hydrogen) atoms. The zero-order chi connectivity index (χ0) is 20.5. The summed E-state index contributed by atoms with van der Waals surface area (Å²) < 4.78 is 46.5. The van der Waals surface area contributed by atoms with E-state index in [1.807, 2.05) is 29.2 Å². The second-order valence-electron chi connectivity index (χ2n) is 6.92. The van der Waals surface area contributed by atoms with E-state index in [2.05, 4.69) is 9.97 Å². The minimum atomic E-state index is -1.22. The number of para-hydroxylation sites is 1. The molecule has 4 rings (SSSR count). The molecule has 1 aromatic heterocycles. The number of anilines is 1. The Bertz CT molecular complexity index is 1050. The summed E-state index contributed by atoms with van der Waals surface area (Å²) in [4.78, 5) is 10.5. The quantitative estimate of drug-likeness (QED) is 0.679. The predicted octanol–water partition coefficient (Wildman–Crippen LogP) is 3.50. The largest absolute Gasteiger partial charge is 0.496 e. The smallest absolute Gasteiger partial charge is 0.161 e. The van der Waals surface area contributed by atoms with Crippen LogP contribution in [-0.4, -0.2) is 36.2 Å². The third kappa shape index (κ3) is 3.63. The van der Waals surface area contributed by atoms with Gasteiger partial charge in [-0.25, -0.2) is 23.1 Å². The minimum absolute atomic E-state index is 0.0675. The second-order valence-corrected chi connectivity index (χ2v) is 6.92. The van der Waals surface area contributed by atoms with Gasteiger partial charge in [0.15, 0.2) is 11.6 Å². The van der Waals surface area contributed by atoms with Crippen LogP contribution in [0.3, 0.4) is 0 Å². The number of methoxy groups -OCH3 is 1. The molecular formula is C21H19F3N4O. The average molecular weight is 400 g/mol. The number of benzene rings is 2. The fourth-order valence-electron chi connectivity index (χ4n) is 3.69. The Morgan fingerprint density at radius 3 is 2.55 bits per heavy atom. The Labute approximate surface area is 166 Å². The van der Waals surface area contributed by atoms with E-state index in [1.165, 1.54) is 6.33 Å². The number of aromatic nitrogens is 2. The van der Waals surface area contributed by atoms with Gasteiger partial charge in [-0.1, -0.05) is 12.1 Å². The van der Waals surface area contributed by atoms with Gasteiger partial charge < -0.3 is 15.4 Å². The fraction of sp³-hybridized carbons (Fsp3) is 0.238. The number of hydrogen-bond donors (Lipinski definition) is 1. The first-order valence-electron chi connectivity index (χ1n) is 9.08. The van der Waals surface area contributed by atoms with Crippen molar-refractivity contribution in [2.45, 2.75) is 12.0 Å². The Morgan fingerprint density at radius 1 is 1.00 bits per heavy atom. The number of nitrogens with two attached hydrogens (primary N) is 1. The Kier molecular flexibility index (Phi) is 5.10. The maximum absolute atomic E-state index is 14.2. The summed E-state index contributed by atoms with van der Waals surface area (Å²) in [5.74, 6) is -2.31. The Morgan fingerprint density at radius 2 is 1.76 bits per heavy atom. The molecule has 0 radical (unpaired) electrons. The van der Waals surface area contributed by atoms with E-state index in [0.717, 1.165) is 11.6 Å². The highest BCUT2D eigenvalue weighted by Crippen LogP contribution is 2.34. The lowest BCUT2D eigenvalue weighted by atomic mass is 9.94. The summed E-state index contributed by atoms with van der Waals surface area (Å²) in [6, 6.07) is 10.3. The number of hydrogen-bond acceptors (Lipinski definition) is 5. The molecule has 0 spiro atoms. The summed E-state index contributed by atoms with van der Waals surface area (Å²) in [6.45, 7) is 0.719. The molecule has 1 fully saturated rings. The molecule has 1 aliphatic heterocycles. The average Bonchev–Trinajstić information content (AvgIpc) is 3.12. The highest BCUT2D eigenvalue weighted by molar-refractivity contribution is 5.69. The lowest BCUT2D eigenvalue weighted by Crippen LogP contribution is -2.29. The van der Waals surface area contributed by atoms with Crippen molar-refractivity contribution in [3.8, 4) is 17.0 Å². The van der Waals surface area contributed by atoms with Gasteiger partial charge in [-0.2, -0.15) is 0 Å². The zero-order valence-electron chi connectivity index (χ0n) is 15.6. The van der Waals surface area contributed by atoms with Crippen LogP contribution in [0, 0.1) is 17.5 Å². The lowest BCUT2D eigenvalue weighted by Gasteiger charge is -2.18. The van der Waals surface area contributed by atoms with E-state index < -0.39 is 29.4 Å². The van der Waals surface area contributed by atoms with E-state index in [9.17, 15) is 13.2 Å². The van der Waals surface area contributed by atoms with Gasteiger partial charge in [0.1, 0.15) is 23.7 Å². The van der Waals surface area contributed by atoms with Crippen LogP contribution in [-0.2, 0) is 0 Å². The van der Waals surface area contributed by atoms with Gasteiger partial charge in [-0.3, -0.25) is 0 Å². The molecule has 2 heterocycles. The third-order valence-electron chi connectivity index (χ3n) is 5.16.